The standard InChI is InChI=1S/C18H24N6O2S/c1-11-7-15(23-18(19)21-11)16(25)22-13-5-3-12(4-6-13)17(26)24(2)8-14-9-27-10-20-14/h7,9-10,12-13H,3-6,8H2,1-2H3,(H,22,25)(H2,19,21,23). The van der Waals surface area contributed by atoms with Gasteiger partial charge in [-0.05, 0) is 38.7 Å². The molecule has 3 N–H and O–H groups in total. The normalized spacial score (nSPS) is 19.5. The van der Waals surface area contributed by atoms with Crippen molar-refractivity contribution in [3.8, 4) is 0 Å². The molecule has 8 nitrogen and oxygen atoms in total. The van der Waals surface area contributed by atoms with Gasteiger partial charge in [0.25, 0.3) is 5.91 Å². The number of anilines is 1. The first kappa shape index (κ1) is 19.2. The third-order valence-corrected chi connectivity index (χ3v) is 5.41. The predicted molar refractivity (Wildman–Crippen MR) is 103 cm³/mol. The summed E-state index contributed by atoms with van der Waals surface area (Å²) in [6, 6.07) is 1.66. The number of nitrogens with zero attached hydrogens (tertiary/aromatic N) is 4. The summed E-state index contributed by atoms with van der Waals surface area (Å²) in [4.78, 5) is 38.9. The van der Waals surface area contributed by atoms with Crippen LogP contribution in [0.5, 0.6) is 0 Å². The van der Waals surface area contributed by atoms with Crippen molar-refractivity contribution in [3.63, 3.8) is 0 Å². The van der Waals surface area contributed by atoms with Crippen LogP contribution in [0.2, 0.25) is 0 Å². The van der Waals surface area contributed by atoms with Crippen molar-refractivity contribution < 1.29 is 9.59 Å². The van der Waals surface area contributed by atoms with Gasteiger partial charge in [0, 0.05) is 30.1 Å². The van der Waals surface area contributed by atoms with E-state index >= 15 is 0 Å². The molecule has 2 amide bonds. The second-order valence-electron chi connectivity index (χ2n) is 6.95. The van der Waals surface area contributed by atoms with Crippen molar-refractivity contribution in [1.29, 1.82) is 0 Å². The summed E-state index contributed by atoms with van der Waals surface area (Å²) in [5, 5.41) is 4.95. The van der Waals surface area contributed by atoms with Crippen LogP contribution in [-0.2, 0) is 11.3 Å². The van der Waals surface area contributed by atoms with E-state index in [4.69, 9.17) is 5.73 Å². The Labute approximate surface area is 162 Å². The van der Waals surface area contributed by atoms with Gasteiger partial charge >= 0.3 is 0 Å². The Kier molecular flexibility index (Phi) is 6.00. The zero-order chi connectivity index (χ0) is 19.4. The van der Waals surface area contributed by atoms with Crippen LogP contribution in [0.25, 0.3) is 0 Å². The lowest BCUT2D eigenvalue weighted by Gasteiger charge is -2.30. The van der Waals surface area contributed by atoms with Gasteiger partial charge in [0.1, 0.15) is 5.69 Å². The van der Waals surface area contributed by atoms with Crippen LogP contribution < -0.4 is 11.1 Å². The van der Waals surface area contributed by atoms with E-state index in [-0.39, 0.29) is 35.4 Å². The van der Waals surface area contributed by atoms with Crippen molar-refractivity contribution in [1.82, 2.24) is 25.2 Å². The fraction of sp³-hybridized carbons (Fsp3) is 0.500. The van der Waals surface area contributed by atoms with Gasteiger partial charge < -0.3 is 16.0 Å². The van der Waals surface area contributed by atoms with Crippen LogP contribution in [-0.4, -0.2) is 44.8 Å². The number of nitrogen functional groups attached to an aromatic ring is 1. The molecule has 144 valence electrons. The number of carbonyl (C=O) groups excluding carboxylic acids is 2. The van der Waals surface area contributed by atoms with Gasteiger partial charge in [-0.1, -0.05) is 0 Å². The molecule has 0 atom stereocenters. The fourth-order valence-corrected chi connectivity index (χ4v) is 3.95. The number of nitrogens with two attached hydrogens (primary N) is 1. The number of aryl methyl sites for hydroxylation is 1. The van der Waals surface area contributed by atoms with E-state index in [0.717, 1.165) is 31.4 Å². The minimum Gasteiger partial charge on any atom is -0.368 e. The van der Waals surface area contributed by atoms with Gasteiger partial charge in [0.05, 0.1) is 17.7 Å². The van der Waals surface area contributed by atoms with E-state index in [1.165, 1.54) is 11.3 Å². The monoisotopic (exact) mass is 388 g/mol. The third-order valence-electron chi connectivity index (χ3n) is 4.77. The van der Waals surface area contributed by atoms with Crippen molar-refractivity contribution in [2.45, 2.75) is 45.2 Å². The number of carbonyl (C=O) groups is 2. The number of hydrogen-bond donors (Lipinski definition) is 2. The maximum Gasteiger partial charge on any atom is 0.270 e. The first-order valence-corrected chi connectivity index (χ1v) is 9.90. The third kappa shape index (κ3) is 5.00. The van der Waals surface area contributed by atoms with E-state index in [0.29, 0.717) is 12.2 Å². The molecule has 0 radical (unpaired) electrons. The quantitative estimate of drug-likeness (QED) is 0.807. The fourth-order valence-electron chi connectivity index (χ4n) is 3.40. The highest BCUT2D eigenvalue weighted by atomic mass is 32.1. The Hall–Kier alpha value is -2.55. The molecule has 0 aliphatic heterocycles. The van der Waals surface area contributed by atoms with E-state index in [2.05, 4.69) is 20.3 Å². The molecule has 0 spiro atoms. The predicted octanol–water partition coefficient (Wildman–Crippen LogP) is 1.77. The summed E-state index contributed by atoms with van der Waals surface area (Å²) in [6.07, 6.45) is 3.06. The summed E-state index contributed by atoms with van der Waals surface area (Å²) in [5.74, 6) is -0.00840. The van der Waals surface area contributed by atoms with Crippen molar-refractivity contribution in [3.05, 3.63) is 34.0 Å². The number of hydrogen-bond acceptors (Lipinski definition) is 7. The summed E-state index contributed by atoms with van der Waals surface area (Å²) < 4.78 is 0. The van der Waals surface area contributed by atoms with Gasteiger partial charge in [-0.15, -0.1) is 11.3 Å². The van der Waals surface area contributed by atoms with Crippen LogP contribution >= 0.6 is 11.3 Å². The van der Waals surface area contributed by atoms with Crippen LogP contribution in [0.1, 0.15) is 47.6 Å². The maximum atomic E-state index is 12.6. The number of amides is 2. The molecule has 0 unspecified atom stereocenters. The molecule has 3 rings (SSSR count). The van der Waals surface area contributed by atoms with Crippen LogP contribution in [0.3, 0.4) is 0 Å². The molecule has 27 heavy (non-hydrogen) atoms. The number of nitrogens with one attached hydrogen (secondary N) is 1. The van der Waals surface area contributed by atoms with E-state index < -0.39 is 0 Å². The van der Waals surface area contributed by atoms with Gasteiger partial charge in [-0.25, -0.2) is 15.0 Å². The maximum absolute atomic E-state index is 12.6. The summed E-state index contributed by atoms with van der Waals surface area (Å²) in [6.45, 7) is 2.31. The molecule has 0 saturated heterocycles. The average molecular weight is 388 g/mol. The van der Waals surface area contributed by atoms with Gasteiger partial charge in [-0.3, -0.25) is 9.59 Å². The molecule has 2 aromatic rings. The molecule has 1 aliphatic rings. The van der Waals surface area contributed by atoms with E-state index in [1.807, 2.05) is 12.4 Å². The Balaban J connectivity index is 1.49. The smallest absolute Gasteiger partial charge is 0.270 e. The SMILES string of the molecule is Cc1cc(C(=O)NC2CCC(C(=O)N(C)Cc3cscn3)CC2)nc(N)n1. The minimum absolute atomic E-state index is 0.00118. The number of rotatable bonds is 5. The highest BCUT2D eigenvalue weighted by Gasteiger charge is 2.29. The second kappa shape index (κ2) is 8.43. The lowest BCUT2D eigenvalue weighted by atomic mass is 9.85. The van der Waals surface area contributed by atoms with Crippen LogP contribution in [0, 0.1) is 12.8 Å². The first-order chi connectivity index (χ1) is 12.9. The highest BCUT2D eigenvalue weighted by molar-refractivity contribution is 7.07. The Morgan fingerprint density at radius 1 is 1.30 bits per heavy atom. The lowest BCUT2D eigenvalue weighted by Crippen LogP contribution is -2.41. The molecule has 0 bridgehead atoms. The lowest BCUT2D eigenvalue weighted by molar-refractivity contribution is -0.135. The number of aromatic nitrogens is 3. The molecule has 1 saturated carbocycles. The topological polar surface area (TPSA) is 114 Å². The molecular formula is C18H24N6O2S. The number of thiazole rings is 1. The molecule has 9 heteroatoms. The second-order valence-corrected chi connectivity index (χ2v) is 7.67. The molecule has 1 aliphatic carbocycles. The summed E-state index contributed by atoms with van der Waals surface area (Å²) in [5.41, 5.74) is 9.23. The van der Waals surface area contributed by atoms with Gasteiger partial charge in [0.15, 0.2) is 0 Å². The van der Waals surface area contributed by atoms with Crippen molar-refractivity contribution in [2.75, 3.05) is 12.8 Å². The van der Waals surface area contributed by atoms with Crippen molar-refractivity contribution in [2.24, 2.45) is 5.92 Å². The minimum atomic E-state index is -0.248. The van der Waals surface area contributed by atoms with Crippen molar-refractivity contribution >= 4 is 29.1 Å². The zero-order valence-electron chi connectivity index (χ0n) is 15.5. The van der Waals surface area contributed by atoms with Crippen LogP contribution in [0.15, 0.2) is 17.0 Å². The van der Waals surface area contributed by atoms with Gasteiger partial charge in [-0.2, -0.15) is 0 Å². The molecule has 0 aromatic carbocycles. The van der Waals surface area contributed by atoms with Crippen LogP contribution in [0.4, 0.5) is 5.95 Å². The Bertz CT molecular complexity index is 782. The summed E-state index contributed by atoms with van der Waals surface area (Å²) in [7, 11) is 1.82. The van der Waals surface area contributed by atoms with Gasteiger partial charge in [0.2, 0.25) is 11.9 Å². The highest BCUT2D eigenvalue weighted by Crippen LogP contribution is 2.26. The largest absolute Gasteiger partial charge is 0.368 e. The Morgan fingerprint density at radius 3 is 2.67 bits per heavy atom. The molecule has 2 heterocycles. The van der Waals surface area contributed by atoms with E-state index in [9.17, 15) is 9.59 Å². The molecule has 1 fully saturated rings. The molecule has 2 aromatic heterocycles. The van der Waals surface area contributed by atoms with E-state index in [1.54, 1.807) is 23.4 Å². The average Bonchev–Trinajstić information content (AvgIpc) is 3.14. The molecular weight excluding hydrogens is 364 g/mol. The summed E-state index contributed by atoms with van der Waals surface area (Å²) >= 11 is 1.53. The zero-order valence-corrected chi connectivity index (χ0v) is 16.3. The Morgan fingerprint density at radius 2 is 2.04 bits per heavy atom. The first-order valence-electron chi connectivity index (χ1n) is 8.96.